The molecule has 1 atom stereocenters. The third kappa shape index (κ3) is 4.32. The SMILES string of the molecule is Cc1cccc(NC(=S)N=Nc2c(O)n(C[NH+]3CCc4ccccc4C3)c3ccccc23)c1C. The van der Waals surface area contributed by atoms with Crippen molar-refractivity contribution >= 4 is 39.6 Å². The van der Waals surface area contributed by atoms with E-state index < -0.39 is 0 Å². The normalized spacial score (nSPS) is 15.5. The van der Waals surface area contributed by atoms with Gasteiger partial charge in [-0.2, -0.15) is 0 Å². The lowest BCUT2D eigenvalue weighted by Crippen LogP contribution is -3.11. The quantitative estimate of drug-likeness (QED) is 0.289. The first kappa shape index (κ1) is 22.3. The fourth-order valence-electron chi connectivity index (χ4n) is 4.65. The monoisotopic (exact) mass is 470 g/mol. The van der Waals surface area contributed by atoms with Crippen LogP contribution in [0.1, 0.15) is 22.3 Å². The Morgan fingerprint density at radius 1 is 1.03 bits per heavy atom. The zero-order chi connectivity index (χ0) is 23.7. The lowest BCUT2D eigenvalue weighted by Gasteiger charge is -2.26. The Kier molecular flexibility index (Phi) is 6.13. The summed E-state index contributed by atoms with van der Waals surface area (Å²) >= 11 is 5.41. The lowest BCUT2D eigenvalue weighted by atomic mass is 10.0. The van der Waals surface area contributed by atoms with Crippen LogP contribution in [0, 0.1) is 13.8 Å². The topological polar surface area (TPSA) is 66.4 Å². The molecule has 1 aromatic heterocycles. The van der Waals surface area contributed by atoms with Crippen molar-refractivity contribution in [3.05, 3.63) is 89.0 Å². The number of nitrogens with zero attached hydrogens (tertiary/aromatic N) is 3. The Balaban J connectivity index is 1.40. The van der Waals surface area contributed by atoms with Crippen LogP contribution >= 0.6 is 12.2 Å². The molecule has 5 rings (SSSR count). The Morgan fingerprint density at radius 3 is 2.65 bits per heavy atom. The molecule has 0 amide bonds. The van der Waals surface area contributed by atoms with E-state index in [0.29, 0.717) is 12.4 Å². The van der Waals surface area contributed by atoms with Gasteiger partial charge in [0.1, 0.15) is 6.54 Å². The van der Waals surface area contributed by atoms with Gasteiger partial charge in [-0.05, 0) is 54.9 Å². The number of anilines is 1. The maximum atomic E-state index is 11.2. The Labute approximate surface area is 204 Å². The minimum Gasteiger partial charge on any atom is -0.493 e. The van der Waals surface area contributed by atoms with Crippen molar-refractivity contribution in [1.29, 1.82) is 0 Å². The molecule has 0 bridgehead atoms. The number of quaternary nitrogens is 1. The van der Waals surface area contributed by atoms with Gasteiger partial charge in [0.15, 0.2) is 12.4 Å². The maximum absolute atomic E-state index is 11.2. The zero-order valence-corrected chi connectivity index (χ0v) is 20.2. The fraction of sp³-hybridized carbons (Fsp3) is 0.222. The van der Waals surface area contributed by atoms with Gasteiger partial charge in [-0.25, -0.2) is 0 Å². The van der Waals surface area contributed by atoms with Gasteiger partial charge in [-0.3, -0.25) is 4.57 Å². The zero-order valence-electron chi connectivity index (χ0n) is 19.4. The van der Waals surface area contributed by atoms with Crippen LogP contribution in [-0.2, 0) is 19.6 Å². The summed E-state index contributed by atoms with van der Waals surface area (Å²) in [6, 6.07) is 22.5. The number of thiocarbonyl (C=S) groups is 1. The van der Waals surface area contributed by atoms with E-state index in [2.05, 4.69) is 52.8 Å². The molecule has 4 aromatic rings. The molecular weight excluding hydrogens is 442 g/mol. The van der Waals surface area contributed by atoms with Gasteiger partial charge in [-0.1, -0.05) is 54.6 Å². The molecule has 3 N–H and O–H groups in total. The van der Waals surface area contributed by atoms with Crippen LogP contribution in [0.15, 0.2) is 77.0 Å². The molecule has 0 aliphatic carbocycles. The van der Waals surface area contributed by atoms with Crippen molar-refractivity contribution in [3.63, 3.8) is 0 Å². The predicted octanol–water partition coefficient (Wildman–Crippen LogP) is 5.04. The summed E-state index contributed by atoms with van der Waals surface area (Å²) in [5.41, 5.74) is 7.38. The minimum atomic E-state index is 0.117. The molecule has 6 nitrogen and oxygen atoms in total. The Morgan fingerprint density at radius 2 is 1.79 bits per heavy atom. The number of hydrogen-bond donors (Lipinski definition) is 3. The highest BCUT2D eigenvalue weighted by Crippen LogP contribution is 2.38. The summed E-state index contributed by atoms with van der Waals surface area (Å²) in [5.74, 6) is 0.117. The molecule has 0 radical (unpaired) electrons. The van der Waals surface area contributed by atoms with E-state index in [9.17, 15) is 5.11 Å². The standard InChI is InChI=1S/C27H27N5OS/c1-18-8-7-12-23(19(18)2)28-27(34)30-29-25-22-11-5-6-13-24(22)32(26(25)33)17-31-15-14-20-9-3-4-10-21(20)16-31/h3-13,33H,14-17H2,1-2H3,(H,28,34)/p+1. The third-order valence-electron chi connectivity index (χ3n) is 6.69. The number of nitrogens with one attached hydrogen (secondary N) is 2. The van der Waals surface area contributed by atoms with Crippen molar-refractivity contribution in [2.45, 2.75) is 33.5 Å². The van der Waals surface area contributed by atoms with E-state index in [1.54, 1.807) is 0 Å². The number of benzene rings is 3. The first-order chi connectivity index (χ1) is 16.5. The van der Waals surface area contributed by atoms with Crippen LogP contribution in [-0.4, -0.2) is 21.3 Å². The second-order valence-electron chi connectivity index (χ2n) is 8.85. The largest absolute Gasteiger partial charge is 0.493 e. The van der Waals surface area contributed by atoms with Gasteiger partial charge in [0.05, 0.1) is 12.1 Å². The smallest absolute Gasteiger partial charge is 0.225 e. The lowest BCUT2D eigenvalue weighted by molar-refractivity contribution is -0.938. The van der Waals surface area contributed by atoms with Crippen LogP contribution in [0.5, 0.6) is 5.88 Å². The second kappa shape index (κ2) is 9.37. The van der Waals surface area contributed by atoms with Crippen molar-refractivity contribution in [2.75, 3.05) is 11.9 Å². The summed E-state index contributed by atoms with van der Waals surface area (Å²) in [7, 11) is 0. The molecule has 0 saturated carbocycles. The molecule has 1 unspecified atom stereocenters. The van der Waals surface area contributed by atoms with E-state index in [1.165, 1.54) is 21.6 Å². The average molecular weight is 471 g/mol. The van der Waals surface area contributed by atoms with Crippen LogP contribution in [0.25, 0.3) is 10.9 Å². The number of fused-ring (bicyclic) bond motifs is 2. The Hall–Kier alpha value is -3.55. The average Bonchev–Trinajstić information content (AvgIpc) is 3.11. The highest BCUT2D eigenvalue weighted by atomic mass is 32.1. The molecular formula is C27H28N5OS+. The van der Waals surface area contributed by atoms with Gasteiger partial charge in [0.25, 0.3) is 0 Å². The number of aromatic hydroxyl groups is 1. The maximum Gasteiger partial charge on any atom is 0.225 e. The van der Waals surface area contributed by atoms with Crippen molar-refractivity contribution in [1.82, 2.24) is 4.57 Å². The summed E-state index contributed by atoms with van der Waals surface area (Å²) in [6.07, 6.45) is 1.04. The summed E-state index contributed by atoms with van der Waals surface area (Å²) in [5, 5.41) is 24.0. The molecule has 7 heteroatoms. The molecule has 0 fully saturated rings. The van der Waals surface area contributed by atoms with Crippen LogP contribution in [0.4, 0.5) is 11.4 Å². The number of rotatable bonds is 4. The summed E-state index contributed by atoms with van der Waals surface area (Å²) in [6.45, 7) is 6.70. The van der Waals surface area contributed by atoms with Gasteiger partial charge in [0.2, 0.25) is 11.0 Å². The third-order valence-corrected chi connectivity index (χ3v) is 6.88. The van der Waals surface area contributed by atoms with Crippen molar-refractivity contribution in [2.24, 2.45) is 10.2 Å². The fourth-order valence-corrected chi connectivity index (χ4v) is 4.80. The van der Waals surface area contributed by atoms with Crippen LogP contribution in [0.2, 0.25) is 0 Å². The van der Waals surface area contributed by atoms with E-state index >= 15 is 0 Å². The predicted molar refractivity (Wildman–Crippen MR) is 140 cm³/mol. The number of hydrogen-bond acceptors (Lipinski definition) is 3. The first-order valence-corrected chi connectivity index (χ1v) is 11.9. The van der Waals surface area contributed by atoms with Gasteiger partial charge in [0, 0.05) is 23.1 Å². The van der Waals surface area contributed by atoms with Crippen molar-refractivity contribution in [3.8, 4) is 5.88 Å². The number of para-hydroxylation sites is 1. The summed E-state index contributed by atoms with van der Waals surface area (Å²) in [4.78, 5) is 1.39. The van der Waals surface area contributed by atoms with E-state index in [4.69, 9.17) is 12.2 Å². The van der Waals surface area contributed by atoms with E-state index in [1.807, 2.05) is 47.9 Å². The summed E-state index contributed by atoms with van der Waals surface area (Å²) < 4.78 is 1.94. The Bertz CT molecular complexity index is 1410. The number of aryl methyl sites for hydroxylation is 1. The van der Waals surface area contributed by atoms with E-state index in [-0.39, 0.29) is 11.0 Å². The van der Waals surface area contributed by atoms with Gasteiger partial charge >= 0.3 is 0 Å². The van der Waals surface area contributed by atoms with Gasteiger partial charge < -0.3 is 15.3 Å². The number of aromatic nitrogens is 1. The molecule has 34 heavy (non-hydrogen) atoms. The minimum absolute atomic E-state index is 0.117. The molecule has 2 heterocycles. The van der Waals surface area contributed by atoms with Gasteiger partial charge in [-0.15, -0.1) is 10.2 Å². The highest BCUT2D eigenvalue weighted by molar-refractivity contribution is 7.80. The molecule has 1 aliphatic heterocycles. The van der Waals surface area contributed by atoms with Crippen LogP contribution in [0.3, 0.4) is 0 Å². The highest BCUT2D eigenvalue weighted by Gasteiger charge is 2.23. The molecule has 0 spiro atoms. The molecule has 3 aromatic carbocycles. The van der Waals surface area contributed by atoms with E-state index in [0.717, 1.165) is 41.7 Å². The molecule has 172 valence electrons. The first-order valence-electron chi connectivity index (χ1n) is 11.5. The van der Waals surface area contributed by atoms with Crippen molar-refractivity contribution < 1.29 is 10.0 Å². The molecule has 0 saturated heterocycles. The second-order valence-corrected chi connectivity index (χ2v) is 9.24. The molecule has 1 aliphatic rings. The van der Waals surface area contributed by atoms with Crippen LogP contribution < -0.4 is 10.2 Å². The number of azo groups is 1.